The predicted molar refractivity (Wildman–Crippen MR) is 116 cm³/mol. The summed E-state index contributed by atoms with van der Waals surface area (Å²) in [6.45, 7) is 1.05. The number of rotatable bonds is 9. The highest BCUT2D eigenvalue weighted by Gasteiger charge is 2.24. The first-order valence-corrected chi connectivity index (χ1v) is 11.1. The number of amides is 1. The van der Waals surface area contributed by atoms with E-state index >= 15 is 0 Å². The maximum atomic E-state index is 14.5. The lowest BCUT2D eigenvalue weighted by molar-refractivity contribution is 0.0937. The number of nitrogens with zero attached hydrogens (tertiary/aromatic N) is 1. The molecule has 0 atom stereocenters. The molecule has 7 nitrogen and oxygen atoms in total. The van der Waals surface area contributed by atoms with Crippen LogP contribution in [0.1, 0.15) is 15.9 Å². The van der Waals surface area contributed by atoms with E-state index in [0.29, 0.717) is 25.3 Å². The minimum atomic E-state index is -4.10. The largest absolute Gasteiger partial charge is 0.383 e. The average molecular weight is 446 g/mol. The van der Waals surface area contributed by atoms with Gasteiger partial charge in [0, 0.05) is 37.5 Å². The molecule has 0 radical (unpaired) electrons. The summed E-state index contributed by atoms with van der Waals surface area (Å²) in [4.78, 5) is 12.3. The first kappa shape index (κ1) is 22.7. The quantitative estimate of drug-likeness (QED) is 0.495. The topological polar surface area (TPSA) is 89.4 Å². The normalized spacial score (nSPS) is 11.5. The number of nitrogens with one attached hydrogen (secondary N) is 2. The lowest BCUT2D eigenvalue weighted by Crippen LogP contribution is -2.27. The molecule has 0 fully saturated rings. The summed E-state index contributed by atoms with van der Waals surface area (Å²) in [7, 11) is -0.840. The van der Waals surface area contributed by atoms with Gasteiger partial charge in [-0.05, 0) is 49.0 Å². The molecule has 1 aromatic heterocycles. The Morgan fingerprint density at radius 3 is 2.61 bits per heavy atom. The van der Waals surface area contributed by atoms with Crippen LogP contribution in [-0.2, 0) is 21.3 Å². The third-order valence-corrected chi connectivity index (χ3v) is 6.29. The van der Waals surface area contributed by atoms with E-state index in [0.717, 1.165) is 3.97 Å². The van der Waals surface area contributed by atoms with Crippen molar-refractivity contribution in [1.29, 1.82) is 0 Å². The fourth-order valence-electron chi connectivity index (χ4n) is 3.14. The Balaban J connectivity index is 2.05. The van der Waals surface area contributed by atoms with Gasteiger partial charge in [0.1, 0.15) is 5.82 Å². The van der Waals surface area contributed by atoms with Crippen LogP contribution in [0, 0.1) is 5.82 Å². The van der Waals surface area contributed by atoms with E-state index < -0.39 is 21.7 Å². The number of hydrogen-bond donors (Lipinski definition) is 2. The van der Waals surface area contributed by atoms with Crippen molar-refractivity contribution in [3.8, 4) is 11.3 Å². The number of halogens is 1. The van der Waals surface area contributed by atoms with Gasteiger partial charge in [-0.3, -0.25) is 4.79 Å². The molecule has 3 rings (SSSR count). The Hall–Kier alpha value is -3.01. The first-order chi connectivity index (χ1) is 14.9. The van der Waals surface area contributed by atoms with Gasteiger partial charge >= 0.3 is 0 Å². The summed E-state index contributed by atoms with van der Waals surface area (Å²) < 4.78 is 47.3. The van der Waals surface area contributed by atoms with E-state index in [-0.39, 0.29) is 21.7 Å². The van der Waals surface area contributed by atoms with Crippen molar-refractivity contribution in [3.63, 3.8) is 0 Å². The van der Waals surface area contributed by atoms with Crippen LogP contribution in [0.3, 0.4) is 0 Å². The van der Waals surface area contributed by atoms with Crippen LogP contribution in [0.2, 0.25) is 0 Å². The highest BCUT2D eigenvalue weighted by atomic mass is 32.2. The van der Waals surface area contributed by atoms with E-state index in [1.54, 1.807) is 25.2 Å². The number of benzene rings is 2. The summed E-state index contributed by atoms with van der Waals surface area (Å²) in [5.41, 5.74) is 1.25. The van der Waals surface area contributed by atoms with Gasteiger partial charge in [-0.1, -0.05) is 18.2 Å². The number of aromatic nitrogens is 1. The summed E-state index contributed by atoms with van der Waals surface area (Å²) in [5.74, 6) is -0.939. The molecule has 0 saturated carbocycles. The van der Waals surface area contributed by atoms with Crippen LogP contribution < -0.4 is 10.6 Å². The minimum Gasteiger partial charge on any atom is -0.383 e. The lowest BCUT2D eigenvalue weighted by Gasteiger charge is -2.12. The molecular formula is C22H24FN3O4S. The third kappa shape index (κ3) is 5.01. The van der Waals surface area contributed by atoms with Gasteiger partial charge in [-0.15, -0.1) is 0 Å². The van der Waals surface area contributed by atoms with Gasteiger partial charge in [0.25, 0.3) is 15.9 Å². The molecule has 9 heteroatoms. The molecule has 1 heterocycles. The maximum absolute atomic E-state index is 14.5. The Labute approximate surface area is 180 Å². The number of hydrogen-bond acceptors (Lipinski definition) is 5. The van der Waals surface area contributed by atoms with E-state index in [9.17, 15) is 17.6 Å². The van der Waals surface area contributed by atoms with Crippen LogP contribution >= 0.6 is 0 Å². The molecule has 0 spiro atoms. The zero-order chi connectivity index (χ0) is 22.4. The van der Waals surface area contributed by atoms with Crippen molar-refractivity contribution in [2.24, 2.45) is 0 Å². The van der Waals surface area contributed by atoms with Gasteiger partial charge in [-0.25, -0.2) is 16.8 Å². The molecule has 1 amide bonds. The minimum absolute atomic E-state index is 0.0731. The Kier molecular flexibility index (Phi) is 7.21. The fraction of sp³-hybridized carbons (Fsp3) is 0.227. The number of carbonyl (C=O) groups is 1. The standard InChI is InChI=1S/C22H24FN3O4S/c1-24-14-16-12-21(19-8-3-4-9-20(19)23)26(15-16)31(28,29)18-7-5-6-17(13-18)22(27)25-10-11-30-2/h3-9,12-13,15,24H,10-11,14H2,1-2H3,(H,25,27). The molecule has 164 valence electrons. The molecule has 0 aliphatic carbocycles. The Bertz CT molecular complexity index is 1180. The second-order valence-corrected chi connectivity index (χ2v) is 8.64. The van der Waals surface area contributed by atoms with Crippen molar-refractivity contribution in [2.45, 2.75) is 11.4 Å². The van der Waals surface area contributed by atoms with Crippen molar-refractivity contribution in [1.82, 2.24) is 14.6 Å². The van der Waals surface area contributed by atoms with Crippen LogP contribution in [-0.4, -0.2) is 45.6 Å². The van der Waals surface area contributed by atoms with Crippen LogP contribution in [0.5, 0.6) is 0 Å². The second-order valence-electron chi connectivity index (χ2n) is 6.82. The van der Waals surface area contributed by atoms with Crippen molar-refractivity contribution < 1.29 is 22.3 Å². The Morgan fingerprint density at radius 1 is 1.13 bits per heavy atom. The first-order valence-electron chi connectivity index (χ1n) is 9.62. The van der Waals surface area contributed by atoms with Gasteiger partial charge < -0.3 is 15.4 Å². The van der Waals surface area contributed by atoms with Crippen LogP contribution in [0.4, 0.5) is 4.39 Å². The summed E-state index contributed by atoms with van der Waals surface area (Å²) in [6, 6.07) is 13.4. The van der Waals surface area contributed by atoms with Gasteiger partial charge in [0.15, 0.2) is 0 Å². The molecule has 2 N–H and O–H groups in total. The van der Waals surface area contributed by atoms with Crippen molar-refractivity contribution in [2.75, 3.05) is 27.3 Å². The second kappa shape index (κ2) is 9.86. The van der Waals surface area contributed by atoms with Crippen LogP contribution in [0.15, 0.2) is 65.7 Å². The molecule has 3 aromatic rings. The fourth-order valence-corrected chi connectivity index (χ4v) is 4.58. The van der Waals surface area contributed by atoms with Gasteiger partial charge in [-0.2, -0.15) is 0 Å². The molecular weight excluding hydrogens is 421 g/mol. The van der Waals surface area contributed by atoms with E-state index in [1.165, 1.54) is 49.7 Å². The molecule has 0 unspecified atom stereocenters. The van der Waals surface area contributed by atoms with Crippen molar-refractivity contribution in [3.05, 3.63) is 77.7 Å². The monoisotopic (exact) mass is 445 g/mol. The average Bonchev–Trinajstić information content (AvgIpc) is 3.19. The summed E-state index contributed by atoms with van der Waals surface area (Å²) in [5, 5.41) is 5.63. The number of ether oxygens (including phenoxy) is 1. The smallest absolute Gasteiger partial charge is 0.268 e. The number of carbonyl (C=O) groups excluding carboxylic acids is 1. The molecule has 0 aliphatic rings. The van der Waals surface area contributed by atoms with E-state index in [1.807, 2.05) is 0 Å². The lowest BCUT2D eigenvalue weighted by atomic mass is 10.1. The summed E-state index contributed by atoms with van der Waals surface area (Å²) >= 11 is 0. The van der Waals surface area contributed by atoms with Crippen molar-refractivity contribution >= 4 is 15.9 Å². The highest BCUT2D eigenvalue weighted by Crippen LogP contribution is 2.29. The molecule has 0 bridgehead atoms. The van der Waals surface area contributed by atoms with Gasteiger partial charge in [0.2, 0.25) is 0 Å². The zero-order valence-electron chi connectivity index (χ0n) is 17.3. The Morgan fingerprint density at radius 2 is 1.90 bits per heavy atom. The van der Waals surface area contributed by atoms with E-state index in [4.69, 9.17) is 4.74 Å². The maximum Gasteiger partial charge on any atom is 0.268 e. The van der Waals surface area contributed by atoms with Gasteiger partial charge in [0.05, 0.1) is 17.2 Å². The summed E-state index contributed by atoms with van der Waals surface area (Å²) in [6.07, 6.45) is 1.46. The molecule has 0 saturated heterocycles. The van der Waals surface area contributed by atoms with Crippen LogP contribution in [0.25, 0.3) is 11.3 Å². The van der Waals surface area contributed by atoms with E-state index in [2.05, 4.69) is 10.6 Å². The molecule has 2 aromatic carbocycles. The SMILES string of the molecule is CNCc1cc(-c2ccccc2F)n(S(=O)(=O)c2cccc(C(=O)NCCOC)c2)c1. The third-order valence-electron chi connectivity index (χ3n) is 4.62. The number of methoxy groups -OCH3 is 1. The predicted octanol–water partition coefficient (Wildman–Crippen LogP) is 2.63. The molecule has 31 heavy (non-hydrogen) atoms. The zero-order valence-corrected chi connectivity index (χ0v) is 18.1. The highest BCUT2D eigenvalue weighted by molar-refractivity contribution is 7.90. The molecule has 0 aliphatic heterocycles.